The van der Waals surface area contributed by atoms with E-state index in [4.69, 9.17) is 4.74 Å². The Morgan fingerprint density at radius 2 is 1.81 bits per heavy atom. The number of hydrogen-bond acceptors (Lipinski definition) is 4. The Bertz CT molecular complexity index is 1410. The van der Waals surface area contributed by atoms with Gasteiger partial charge < -0.3 is 20.4 Å². The molecule has 10 heteroatoms. The van der Waals surface area contributed by atoms with Gasteiger partial charge >= 0.3 is 6.18 Å². The highest BCUT2D eigenvalue weighted by Gasteiger charge is 2.34. The van der Waals surface area contributed by atoms with E-state index < -0.39 is 29.0 Å². The third-order valence-corrected chi connectivity index (χ3v) is 5.98. The van der Waals surface area contributed by atoms with Crippen molar-refractivity contribution >= 4 is 22.6 Å². The predicted octanol–water partition coefficient (Wildman–Crippen LogP) is 5.77. The minimum atomic E-state index is -4.70. The Labute approximate surface area is 203 Å². The zero-order valence-corrected chi connectivity index (χ0v) is 19.0. The van der Waals surface area contributed by atoms with Crippen molar-refractivity contribution < 1.29 is 27.1 Å². The van der Waals surface area contributed by atoms with Crippen molar-refractivity contribution in [3.8, 4) is 17.1 Å². The van der Waals surface area contributed by atoms with Crippen molar-refractivity contribution in [2.75, 3.05) is 18.4 Å². The van der Waals surface area contributed by atoms with Crippen LogP contribution in [-0.4, -0.2) is 35.1 Å². The van der Waals surface area contributed by atoms with Crippen LogP contribution >= 0.6 is 0 Å². The quantitative estimate of drug-likeness (QED) is 0.305. The van der Waals surface area contributed by atoms with Crippen molar-refractivity contribution in [1.29, 1.82) is 0 Å². The zero-order chi connectivity index (χ0) is 25.3. The molecule has 4 aromatic rings. The molecule has 1 aromatic heterocycles. The van der Waals surface area contributed by atoms with Crippen LogP contribution in [0.25, 0.3) is 22.4 Å². The smallest absolute Gasteiger partial charge is 0.417 e. The highest BCUT2D eigenvalue weighted by molar-refractivity contribution is 6.11. The summed E-state index contributed by atoms with van der Waals surface area (Å²) in [4.78, 5) is 20.1. The highest BCUT2D eigenvalue weighted by Crippen LogP contribution is 2.37. The third kappa shape index (κ3) is 5.03. The van der Waals surface area contributed by atoms with Gasteiger partial charge in [0.25, 0.3) is 5.91 Å². The number of aromatic nitrogens is 2. The van der Waals surface area contributed by atoms with Gasteiger partial charge in [0.2, 0.25) is 0 Å². The molecule has 6 nitrogen and oxygen atoms in total. The number of halogens is 4. The minimum Gasteiger partial charge on any atom is -0.490 e. The molecule has 1 saturated heterocycles. The van der Waals surface area contributed by atoms with Crippen LogP contribution in [0.15, 0.2) is 60.7 Å². The van der Waals surface area contributed by atoms with Gasteiger partial charge in [-0.2, -0.15) is 13.2 Å². The van der Waals surface area contributed by atoms with Crippen molar-refractivity contribution in [3.63, 3.8) is 0 Å². The first-order valence-corrected chi connectivity index (χ1v) is 11.4. The molecule has 2 heterocycles. The lowest BCUT2D eigenvalue weighted by atomic mass is 10.1. The number of aromatic amines is 1. The van der Waals surface area contributed by atoms with Crippen LogP contribution in [-0.2, 0) is 6.18 Å². The lowest BCUT2D eigenvalue weighted by Crippen LogP contribution is -2.34. The highest BCUT2D eigenvalue weighted by atomic mass is 19.4. The van der Waals surface area contributed by atoms with Gasteiger partial charge in [-0.3, -0.25) is 4.79 Å². The van der Waals surface area contributed by atoms with Crippen LogP contribution in [0.5, 0.6) is 5.75 Å². The molecule has 5 rings (SSSR count). The average Bonchev–Trinajstić information content (AvgIpc) is 3.28. The van der Waals surface area contributed by atoms with Gasteiger partial charge in [-0.15, -0.1) is 0 Å². The van der Waals surface area contributed by atoms with E-state index in [1.54, 1.807) is 30.3 Å². The van der Waals surface area contributed by atoms with Gasteiger partial charge in [-0.05, 0) is 68.4 Å². The average molecular weight is 498 g/mol. The SMILES string of the molecule is O=C(Nc1cccc(OC2CCNCC2)c1)c1cccc2[nH]c(-c3cc(F)ccc3C(F)(F)F)nc12. The molecule has 1 aliphatic rings. The molecule has 1 fully saturated rings. The number of rotatable bonds is 5. The third-order valence-electron chi connectivity index (χ3n) is 5.98. The second-order valence-electron chi connectivity index (χ2n) is 8.52. The van der Waals surface area contributed by atoms with Crippen LogP contribution < -0.4 is 15.4 Å². The first kappa shape index (κ1) is 23.8. The monoisotopic (exact) mass is 498 g/mol. The second kappa shape index (κ2) is 9.62. The minimum absolute atomic E-state index is 0.0952. The van der Waals surface area contributed by atoms with E-state index in [-0.39, 0.29) is 23.0 Å². The first-order valence-electron chi connectivity index (χ1n) is 11.4. The summed E-state index contributed by atoms with van der Waals surface area (Å²) in [5, 5.41) is 6.07. The molecule has 1 aliphatic heterocycles. The molecular weight excluding hydrogens is 476 g/mol. The topological polar surface area (TPSA) is 79.0 Å². The molecule has 0 atom stereocenters. The fraction of sp³-hybridized carbons (Fsp3) is 0.231. The number of piperidine rings is 1. The van der Waals surface area contributed by atoms with Crippen molar-refractivity contribution in [2.24, 2.45) is 0 Å². The molecule has 0 radical (unpaired) electrons. The largest absolute Gasteiger partial charge is 0.490 e. The van der Waals surface area contributed by atoms with Gasteiger partial charge in [0.05, 0.1) is 16.6 Å². The van der Waals surface area contributed by atoms with Gasteiger partial charge in [0, 0.05) is 17.3 Å². The normalized spacial score (nSPS) is 14.7. The maximum atomic E-state index is 13.8. The number of H-pyrrole nitrogens is 1. The van der Waals surface area contributed by atoms with E-state index in [9.17, 15) is 22.4 Å². The van der Waals surface area contributed by atoms with Crippen LogP contribution in [0.4, 0.5) is 23.2 Å². The van der Waals surface area contributed by atoms with Gasteiger partial charge in [0.1, 0.15) is 29.0 Å². The number of carbonyl (C=O) groups is 1. The Kier molecular flexibility index (Phi) is 6.36. The number of benzene rings is 3. The molecule has 0 unspecified atom stereocenters. The molecular formula is C26H22F4N4O2. The number of alkyl halides is 3. The number of amides is 1. The van der Waals surface area contributed by atoms with Gasteiger partial charge in [-0.25, -0.2) is 9.37 Å². The summed E-state index contributed by atoms with van der Waals surface area (Å²) in [6.07, 6.45) is -2.83. The number of fused-ring (bicyclic) bond motifs is 1. The number of carbonyl (C=O) groups excluding carboxylic acids is 1. The lowest BCUT2D eigenvalue weighted by Gasteiger charge is -2.24. The van der Waals surface area contributed by atoms with Crippen LogP contribution in [0.3, 0.4) is 0 Å². The summed E-state index contributed by atoms with van der Waals surface area (Å²) in [6, 6.07) is 13.9. The van der Waals surface area contributed by atoms with Crippen molar-refractivity contribution in [2.45, 2.75) is 25.1 Å². The maximum Gasteiger partial charge on any atom is 0.417 e. The van der Waals surface area contributed by atoms with E-state index in [0.29, 0.717) is 23.0 Å². The number of hydrogen-bond donors (Lipinski definition) is 3. The van der Waals surface area contributed by atoms with E-state index in [2.05, 4.69) is 20.6 Å². The summed E-state index contributed by atoms with van der Waals surface area (Å²) >= 11 is 0. The predicted molar refractivity (Wildman–Crippen MR) is 127 cm³/mol. The Hall–Kier alpha value is -3.92. The molecule has 186 valence electrons. The number of anilines is 1. The maximum absolute atomic E-state index is 13.8. The summed E-state index contributed by atoms with van der Waals surface area (Å²) in [7, 11) is 0. The Morgan fingerprint density at radius 3 is 2.58 bits per heavy atom. The molecule has 0 aliphatic carbocycles. The Balaban J connectivity index is 1.43. The zero-order valence-electron chi connectivity index (χ0n) is 19.0. The Morgan fingerprint density at radius 1 is 1.03 bits per heavy atom. The molecule has 0 spiro atoms. The van der Waals surface area contributed by atoms with Crippen LogP contribution in [0.2, 0.25) is 0 Å². The van der Waals surface area contributed by atoms with E-state index in [1.165, 1.54) is 6.07 Å². The number of nitrogens with zero attached hydrogens (tertiary/aromatic N) is 1. The lowest BCUT2D eigenvalue weighted by molar-refractivity contribution is -0.137. The van der Waals surface area contributed by atoms with Gasteiger partial charge in [-0.1, -0.05) is 12.1 Å². The molecule has 3 aromatic carbocycles. The molecule has 0 bridgehead atoms. The number of ether oxygens (including phenoxy) is 1. The first-order chi connectivity index (χ1) is 17.3. The van der Waals surface area contributed by atoms with E-state index >= 15 is 0 Å². The fourth-order valence-corrected chi connectivity index (χ4v) is 4.25. The van der Waals surface area contributed by atoms with Crippen molar-refractivity contribution in [3.05, 3.63) is 77.6 Å². The number of nitrogens with one attached hydrogen (secondary N) is 3. The van der Waals surface area contributed by atoms with E-state index in [1.807, 2.05) is 6.07 Å². The molecule has 0 saturated carbocycles. The summed E-state index contributed by atoms with van der Waals surface area (Å²) in [5.41, 5.74) is -0.289. The number of para-hydroxylation sites is 1. The number of imidazole rings is 1. The van der Waals surface area contributed by atoms with E-state index in [0.717, 1.165) is 38.1 Å². The van der Waals surface area contributed by atoms with Crippen molar-refractivity contribution in [1.82, 2.24) is 15.3 Å². The molecule has 3 N–H and O–H groups in total. The summed E-state index contributed by atoms with van der Waals surface area (Å²) < 4.78 is 60.4. The van der Waals surface area contributed by atoms with Crippen LogP contribution in [0, 0.1) is 5.82 Å². The van der Waals surface area contributed by atoms with Gasteiger partial charge in [0.15, 0.2) is 0 Å². The molecule has 1 amide bonds. The summed E-state index contributed by atoms with van der Waals surface area (Å²) in [5.74, 6) is -0.879. The standard InChI is InChI=1S/C26H22F4N4O2/c27-15-7-8-21(26(28,29)30)20(13-15)24-33-22-6-2-5-19(23(22)34-24)25(35)32-16-3-1-4-18(14-16)36-17-9-11-31-12-10-17/h1-8,13-14,17,31H,9-12H2,(H,32,35)(H,33,34). The molecule has 36 heavy (non-hydrogen) atoms. The summed E-state index contributed by atoms with van der Waals surface area (Å²) in [6.45, 7) is 1.77. The fourth-order valence-electron chi connectivity index (χ4n) is 4.25. The van der Waals surface area contributed by atoms with Crippen LogP contribution in [0.1, 0.15) is 28.8 Å². The second-order valence-corrected chi connectivity index (χ2v) is 8.52.